The second kappa shape index (κ2) is 10.3. The van der Waals surface area contributed by atoms with Crippen molar-refractivity contribution < 1.29 is 23.1 Å². The number of benzene rings is 2. The predicted octanol–water partition coefficient (Wildman–Crippen LogP) is 3.04. The van der Waals surface area contributed by atoms with Gasteiger partial charge in [0.2, 0.25) is 5.91 Å². The van der Waals surface area contributed by atoms with E-state index < -0.39 is 17.5 Å². The molecule has 2 aromatic rings. The molecule has 0 unspecified atom stereocenters. The average Bonchev–Trinajstić information content (AvgIpc) is 2.80. The summed E-state index contributed by atoms with van der Waals surface area (Å²) >= 11 is 0. The van der Waals surface area contributed by atoms with Crippen LogP contribution in [-0.4, -0.2) is 78.9 Å². The Morgan fingerprint density at radius 2 is 1.61 bits per heavy atom. The van der Waals surface area contributed by atoms with Crippen molar-refractivity contribution in [2.75, 3.05) is 46.3 Å². The molecule has 176 valence electrons. The molecule has 2 saturated heterocycles. The fraction of sp³-hybridized carbons (Fsp3) is 0.440. The minimum Gasteiger partial charge on any atom is -0.490 e. The van der Waals surface area contributed by atoms with E-state index in [2.05, 4.69) is 4.90 Å². The minimum atomic E-state index is -0.789. The summed E-state index contributed by atoms with van der Waals surface area (Å²) in [5.41, 5.74) is -0.0286. The number of para-hydroxylation sites is 1. The first-order valence-electron chi connectivity index (χ1n) is 11.3. The van der Waals surface area contributed by atoms with Crippen molar-refractivity contribution in [1.82, 2.24) is 14.7 Å². The van der Waals surface area contributed by atoms with Crippen LogP contribution in [-0.2, 0) is 4.79 Å². The molecule has 0 aromatic heterocycles. The number of carbonyl (C=O) groups excluding carboxylic acids is 2. The molecule has 2 aliphatic heterocycles. The molecule has 0 radical (unpaired) electrons. The van der Waals surface area contributed by atoms with Gasteiger partial charge in [-0.25, -0.2) is 8.78 Å². The Hall–Kier alpha value is -3.00. The van der Waals surface area contributed by atoms with Gasteiger partial charge in [0.05, 0.1) is 0 Å². The molecule has 33 heavy (non-hydrogen) atoms. The van der Waals surface area contributed by atoms with Gasteiger partial charge in [0.1, 0.15) is 23.5 Å². The molecule has 6 nitrogen and oxygen atoms in total. The Balaban J connectivity index is 1.49. The number of ether oxygens (including phenoxy) is 1. The van der Waals surface area contributed by atoms with Gasteiger partial charge in [-0.1, -0.05) is 18.2 Å². The molecular weight excluding hydrogens is 428 g/mol. The van der Waals surface area contributed by atoms with Gasteiger partial charge >= 0.3 is 0 Å². The van der Waals surface area contributed by atoms with Crippen LogP contribution in [0.15, 0.2) is 48.5 Å². The lowest BCUT2D eigenvalue weighted by atomic mass is 9.90. The number of rotatable bonds is 5. The van der Waals surface area contributed by atoms with Crippen LogP contribution in [0, 0.1) is 17.6 Å². The summed E-state index contributed by atoms with van der Waals surface area (Å²) in [4.78, 5) is 31.7. The monoisotopic (exact) mass is 457 g/mol. The Kier molecular flexibility index (Phi) is 7.23. The average molecular weight is 458 g/mol. The SMILES string of the molecule is CN1CCN(C(=O)C[C@H]2CN(C(=O)c3cc(F)cc(F)c3)CC[C@@H]2Oc2ccccc2)CC1. The fourth-order valence-corrected chi connectivity index (χ4v) is 4.49. The maximum atomic E-state index is 13.7. The van der Waals surface area contributed by atoms with Crippen molar-refractivity contribution in [2.45, 2.75) is 18.9 Å². The highest BCUT2D eigenvalue weighted by Gasteiger charge is 2.36. The Bertz CT molecular complexity index is 960. The van der Waals surface area contributed by atoms with Crippen LogP contribution in [0.4, 0.5) is 8.78 Å². The number of hydrogen-bond donors (Lipinski definition) is 0. The number of piperidine rings is 1. The summed E-state index contributed by atoms with van der Waals surface area (Å²) in [5.74, 6) is -1.49. The molecule has 2 fully saturated rings. The van der Waals surface area contributed by atoms with Crippen LogP contribution in [0.2, 0.25) is 0 Å². The van der Waals surface area contributed by atoms with E-state index >= 15 is 0 Å². The Morgan fingerprint density at radius 3 is 2.27 bits per heavy atom. The first kappa shape index (κ1) is 23.2. The smallest absolute Gasteiger partial charge is 0.254 e. The van der Waals surface area contributed by atoms with Crippen molar-refractivity contribution in [1.29, 1.82) is 0 Å². The van der Waals surface area contributed by atoms with Crippen LogP contribution in [0.1, 0.15) is 23.2 Å². The fourth-order valence-electron chi connectivity index (χ4n) is 4.49. The van der Waals surface area contributed by atoms with Crippen molar-refractivity contribution in [3.63, 3.8) is 0 Å². The van der Waals surface area contributed by atoms with E-state index in [-0.39, 0.29) is 36.5 Å². The lowest BCUT2D eigenvalue weighted by Crippen LogP contribution is -2.51. The van der Waals surface area contributed by atoms with E-state index in [1.54, 1.807) is 4.90 Å². The molecule has 2 aliphatic rings. The number of carbonyl (C=O) groups is 2. The lowest BCUT2D eigenvalue weighted by Gasteiger charge is -2.40. The second-order valence-corrected chi connectivity index (χ2v) is 8.82. The number of amides is 2. The van der Waals surface area contributed by atoms with E-state index in [0.717, 1.165) is 31.3 Å². The number of likely N-dealkylation sites (tertiary alicyclic amines) is 1. The van der Waals surface area contributed by atoms with E-state index in [4.69, 9.17) is 4.74 Å². The topological polar surface area (TPSA) is 53.1 Å². The van der Waals surface area contributed by atoms with Crippen LogP contribution in [0.5, 0.6) is 5.75 Å². The molecule has 0 aliphatic carbocycles. The number of likely N-dealkylation sites (N-methyl/N-ethyl adjacent to an activating group) is 1. The van der Waals surface area contributed by atoms with E-state index in [9.17, 15) is 18.4 Å². The van der Waals surface area contributed by atoms with E-state index in [1.807, 2.05) is 42.3 Å². The number of nitrogens with zero attached hydrogens (tertiary/aromatic N) is 3. The number of piperazine rings is 1. The van der Waals surface area contributed by atoms with Gasteiger partial charge in [-0.05, 0) is 31.3 Å². The van der Waals surface area contributed by atoms with Gasteiger partial charge in [-0.3, -0.25) is 9.59 Å². The van der Waals surface area contributed by atoms with Crippen molar-refractivity contribution in [3.8, 4) is 5.75 Å². The van der Waals surface area contributed by atoms with Gasteiger partial charge in [-0.15, -0.1) is 0 Å². The normalized spacial score (nSPS) is 21.7. The summed E-state index contributed by atoms with van der Waals surface area (Å²) < 4.78 is 33.5. The van der Waals surface area contributed by atoms with Gasteiger partial charge < -0.3 is 19.4 Å². The zero-order chi connectivity index (χ0) is 23.4. The first-order chi connectivity index (χ1) is 15.9. The summed E-state index contributed by atoms with van der Waals surface area (Å²) in [5, 5.41) is 0. The molecule has 4 rings (SSSR count). The Labute approximate surface area is 192 Å². The largest absolute Gasteiger partial charge is 0.490 e. The van der Waals surface area contributed by atoms with E-state index in [0.29, 0.717) is 31.8 Å². The molecular formula is C25H29F2N3O3. The van der Waals surface area contributed by atoms with Crippen molar-refractivity contribution in [2.24, 2.45) is 5.92 Å². The highest BCUT2D eigenvalue weighted by Crippen LogP contribution is 2.27. The van der Waals surface area contributed by atoms with Crippen molar-refractivity contribution in [3.05, 3.63) is 65.7 Å². The third kappa shape index (κ3) is 5.87. The molecule has 2 atom stereocenters. The van der Waals surface area contributed by atoms with Crippen LogP contribution < -0.4 is 4.74 Å². The van der Waals surface area contributed by atoms with Gasteiger partial charge in [0.15, 0.2) is 0 Å². The van der Waals surface area contributed by atoms with Crippen LogP contribution in [0.3, 0.4) is 0 Å². The molecule has 0 saturated carbocycles. The quantitative estimate of drug-likeness (QED) is 0.693. The molecule has 8 heteroatoms. The molecule has 2 amide bonds. The number of hydrogen-bond acceptors (Lipinski definition) is 4. The number of halogens is 2. The maximum absolute atomic E-state index is 13.7. The molecule has 2 heterocycles. The van der Waals surface area contributed by atoms with Gasteiger partial charge in [0, 0.05) is 69.7 Å². The van der Waals surface area contributed by atoms with Gasteiger partial charge in [-0.2, -0.15) is 0 Å². The highest BCUT2D eigenvalue weighted by atomic mass is 19.1. The second-order valence-electron chi connectivity index (χ2n) is 8.82. The van der Waals surface area contributed by atoms with Crippen LogP contribution >= 0.6 is 0 Å². The summed E-state index contributed by atoms with van der Waals surface area (Å²) in [6.07, 6.45) is 0.541. The molecule has 0 N–H and O–H groups in total. The third-order valence-electron chi connectivity index (χ3n) is 6.38. The van der Waals surface area contributed by atoms with E-state index in [1.165, 1.54) is 0 Å². The van der Waals surface area contributed by atoms with Crippen LogP contribution in [0.25, 0.3) is 0 Å². The molecule has 2 aromatic carbocycles. The molecule has 0 bridgehead atoms. The first-order valence-corrected chi connectivity index (χ1v) is 11.3. The Morgan fingerprint density at radius 1 is 0.939 bits per heavy atom. The highest BCUT2D eigenvalue weighted by molar-refractivity contribution is 5.94. The maximum Gasteiger partial charge on any atom is 0.254 e. The van der Waals surface area contributed by atoms with Crippen molar-refractivity contribution >= 4 is 11.8 Å². The summed E-state index contributed by atoms with van der Waals surface area (Å²) in [7, 11) is 2.03. The van der Waals surface area contributed by atoms with Gasteiger partial charge in [0.25, 0.3) is 5.91 Å². The standard InChI is InChI=1S/C25H29F2N3O3/c1-28-9-11-29(12-10-28)24(31)15-19-17-30(25(32)18-13-20(26)16-21(27)14-18)8-7-23(19)33-22-5-3-2-4-6-22/h2-6,13-14,16,19,23H,7-12,15,17H2,1H3/t19-,23-/m0/s1. The summed E-state index contributed by atoms with van der Waals surface area (Å²) in [6, 6.07) is 12.2. The summed E-state index contributed by atoms with van der Waals surface area (Å²) in [6.45, 7) is 3.68. The zero-order valence-electron chi connectivity index (χ0n) is 18.8. The minimum absolute atomic E-state index is 0.0286. The molecule has 0 spiro atoms. The zero-order valence-corrected chi connectivity index (χ0v) is 18.8. The predicted molar refractivity (Wildman–Crippen MR) is 120 cm³/mol. The third-order valence-corrected chi connectivity index (χ3v) is 6.38. The lowest BCUT2D eigenvalue weighted by molar-refractivity contribution is -0.135.